The van der Waals surface area contributed by atoms with Crippen LogP contribution in [0, 0.1) is 6.92 Å². The summed E-state index contributed by atoms with van der Waals surface area (Å²) in [4.78, 5) is 8.31. The molecule has 4 heteroatoms. The molecule has 0 atom stereocenters. The van der Waals surface area contributed by atoms with E-state index in [0.29, 0.717) is 0 Å². The number of thiazole rings is 1. The van der Waals surface area contributed by atoms with Crippen LogP contribution in [0.3, 0.4) is 0 Å². The van der Waals surface area contributed by atoms with Crippen LogP contribution in [0.2, 0.25) is 0 Å². The minimum Gasteiger partial charge on any atom is -0.493 e. The summed E-state index contributed by atoms with van der Waals surface area (Å²) in [6.07, 6.45) is 1.67. The molecule has 0 unspecified atom stereocenters. The average Bonchev–Trinajstić information content (AvgIpc) is 2.69. The van der Waals surface area contributed by atoms with E-state index in [-0.39, 0.29) is 5.88 Å². The highest BCUT2D eigenvalue weighted by molar-refractivity contribution is 7.18. The Bertz CT molecular complexity index is 673. The van der Waals surface area contributed by atoms with Crippen molar-refractivity contribution in [3.8, 4) is 17.0 Å². The van der Waals surface area contributed by atoms with Crippen molar-refractivity contribution in [3.05, 3.63) is 41.5 Å². The van der Waals surface area contributed by atoms with Crippen molar-refractivity contribution in [2.75, 3.05) is 0 Å². The fourth-order valence-corrected chi connectivity index (χ4v) is 2.64. The third kappa shape index (κ3) is 1.87. The lowest BCUT2D eigenvalue weighted by Crippen LogP contribution is -1.79. The zero-order valence-electron chi connectivity index (χ0n) is 9.21. The van der Waals surface area contributed by atoms with Crippen molar-refractivity contribution in [1.29, 1.82) is 0 Å². The van der Waals surface area contributed by atoms with Crippen LogP contribution in [0.5, 0.6) is 5.88 Å². The van der Waals surface area contributed by atoms with Gasteiger partial charge in [0.15, 0.2) is 0 Å². The molecule has 0 spiro atoms. The fourth-order valence-electron chi connectivity index (χ4n) is 1.78. The summed E-state index contributed by atoms with van der Waals surface area (Å²) in [5.74, 6) is 0.0449. The van der Waals surface area contributed by atoms with Gasteiger partial charge >= 0.3 is 0 Å². The molecular weight excluding hydrogens is 232 g/mol. The maximum atomic E-state index is 9.16. The zero-order valence-corrected chi connectivity index (χ0v) is 10.0. The Hall–Kier alpha value is -1.94. The number of fused-ring (bicyclic) bond motifs is 1. The highest BCUT2D eigenvalue weighted by Gasteiger charge is 2.03. The van der Waals surface area contributed by atoms with Crippen LogP contribution >= 0.6 is 11.3 Å². The Morgan fingerprint density at radius 2 is 1.94 bits per heavy atom. The molecule has 3 rings (SSSR count). The molecule has 0 aliphatic rings. The Morgan fingerprint density at radius 3 is 2.71 bits per heavy atom. The Labute approximate surface area is 102 Å². The van der Waals surface area contributed by atoms with E-state index in [0.717, 1.165) is 21.7 Å². The van der Waals surface area contributed by atoms with Gasteiger partial charge in [0, 0.05) is 17.8 Å². The smallest absolute Gasteiger partial charge is 0.210 e. The predicted molar refractivity (Wildman–Crippen MR) is 69.3 cm³/mol. The van der Waals surface area contributed by atoms with Crippen LogP contribution in [-0.4, -0.2) is 15.1 Å². The summed E-state index contributed by atoms with van der Waals surface area (Å²) in [6.45, 7) is 2.01. The van der Waals surface area contributed by atoms with Gasteiger partial charge in [-0.25, -0.2) is 9.97 Å². The maximum absolute atomic E-state index is 9.16. The number of hydrogen-bond acceptors (Lipinski definition) is 4. The van der Waals surface area contributed by atoms with Crippen LogP contribution in [0.1, 0.15) is 5.01 Å². The minimum atomic E-state index is 0.0449. The number of aryl methyl sites for hydroxylation is 1. The first-order chi connectivity index (χ1) is 8.22. The third-order valence-corrected chi connectivity index (χ3v) is 3.51. The molecule has 0 aliphatic carbocycles. The second kappa shape index (κ2) is 3.82. The number of aromatic hydroxyl groups is 1. The second-order valence-electron chi connectivity index (χ2n) is 3.82. The number of nitrogens with zero attached hydrogens (tertiary/aromatic N) is 2. The number of aromatic nitrogens is 2. The summed E-state index contributed by atoms with van der Waals surface area (Å²) in [5.41, 5.74) is 3.12. The topological polar surface area (TPSA) is 46.0 Å². The maximum Gasteiger partial charge on any atom is 0.210 e. The molecule has 3 nitrogen and oxygen atoms in total. The lowest BCUT2D eigenvalue weighted by atomic mass is 10.1. The van der Waals surface area contributed by atoms with E-state index in [2.05, 4.69) is 16.0 Å². The highest BCUT2D eigenvalue weighted by atomic mass is 32.1. The fraction of sp³-hybridized carbons (Fsp3) is 0.0769. The molecule has 0 saturated carbocycles. The molecule has 2 aromatic heterocycles. The normalized spacial score (nSPS) is 10.9. The molecule has 0 bridgehead atoms. The number of pyridine rings is 1. The number of benzene rings is 1. The van der Waals surface area contributed by atoms with E-state index < -0.39 is 0 Å². The van der Waals surface area contributed by atoms with Crippen LogP contribution in [-0.2, 0) is 0 Å². The molecule has 84 valence electrons. The van der Waals surface area contributed by atoms with Gasteiger partial charge in [-0.1, -0.05) is 6.07 Å². The summed E-state index contributed by atoms with van der Waals surface area (Å²) in [5, 5.41) is 10.2. The van der Waals surface area contributed by atoms with E-state index in [9.17, 15) is 0 Å². The van der Waals surface area contributed by atoms with Crippen molar-refractivity contribution in [2.24, 2.45) is 0 Å². The van der Waals surface area contributed by atoms with E-state index in [1.807, 2.05) is 25.1 Å². The van der Waals surface area contributed by atoms with Gasteiger partial charge < -0.3 is 5.11 Å². The van der Waals surface area contributed by atoms with Crippen molar-refractivity contribution in [3.63, 3.8) is 0 Å². The summed E-state index contributed by atoms with van der Waals surface area (Å²) < 4.78 is 1.17. The first-order valence-corrected chi connectivity index (χ1v) is 6.06. The summed E-state index contributed by atoms with van der Waals surface area (Å²) in [6, 6.07) is 9.60. The van der Waals surface area contributed by atoms with Crippen molar-refractivity contribution in [1.82, 2.24) is 9.97 Å². The lowest BCUT2D eigenvalue weighted by Gasteiger charge is -2.00. The Morgan fingerprint density at radius 1 is 1.12 bits per heavy atom. The lowest BCUT2D eigenvalue weighted by molar-refractivity contribution is 0.453. The molecule has 3 aromatic rings. The average molecular weight is 242 g/mol. The standard InChI is InChI=1S/C13H10N2OS/c1-8-15-11-4-2-9(6-12(11)17-8)10-3-5-13(16)14-7-10/h2-7H,1H3,(H,14,16). The largest absolute Gasteiger partial charge is 0.493 e. The van der Waals surface area contributed by atoms with Crippen molar-refractivity contribution < 1.29 is 5.11 Å². The number of hydrogen-bond donors (Lipinski definition) is 1. The molecule has 17 heavy (non-hydrogen) atoms. The first kappa shape index (κ1) is 10.2. The van der Waals surface area contributed by atoms with Gasteiger partial charge in [-0.15, -0.1) is 11.3 Å². The molecule has 0 radical (unpaired) electrons. The van der Waals surface area contributed by atoms with E-state index in [1.165, 1.54) is 4.70 Å². The SMILES string of the molecule is Cc1nc2ccc(-c3ccc(O)nc3)cc2s1. The van der Waals surface area contributed by atoms with Gasteiger partial charge in [0.25, 0.3) is 0 Å². The molecule has 0 amide bonds. The van der Waals surface area contributed by atoms with E-state index in [4.69, 9.17) is 5.11 Å². The van der Waals surface area contributed by atoms with Crippen LogP contribution < -0.4 is 0 Å². The van der Waals surface area contributed by atoms with Crippen LogP contribution in [0.4, 0.5) is 0 Å². The summed E-state index contributed by atoms with van der Waals surface area (Å²) >= 11 is 1.68. The monoisotopic (exact) mass is 242 g/mol. The molecular formula is C13H10N2OS. The van der Waals surface area contributed by atoms with E-state index >= 15 is 0 Å². The molecule has 1 aromatic carbocycles. The molecule has 0 aliphatic heterocycles. The minimum absolute atomic E-state index is 0.0449. The summed E-state index contributed by atoms with van der Waals surface area (Å²) in [7, 11) is 0. The third-order valence-electron chi connectivity index (χ3n) is 2.58. The highest BCUT2D eigenvalue weighted by Crippen LogP contribution is 2.28. The van der Waals surface area contributed by atoms with Gasteiger partial charge in [-0.3, -0.25) is 0 Å². The number of rotatable bonds is 1. The van der Waals surface area contributed by atoms with E-state index in [1.54, 1.807) is 23.6 Å². The predicted octanol–water partition coefficient (Wildman–Crippen LogP) is 3.37. The van der Waals surface area contributed by atoms with Crippen LogP contribution in [0.15, 0.2) is 36.5 Å². The second-order valence-corrected chi connectivity index (χ2v) is 5.06. The Kier molecular flexibility index (Phi) is 2.30. The van der Waals surface area contributed by atoms with Gasteiger partial charge in [0.2, 0.25) is 5.88 Å². The van der Waals surface area contributed by atoms with Gasteiger partial charge in [0.05, 0.1) is 15.2 Å². The van der Waals surface area contributed by atoms with Crippen molar-refractivity contribution in [2.45, 2.75) is 6.92 Å². The molecule has 0 saturated heterocycles. The molecule has 0 fully saturated rings. The van der Waals surface area contributed by atoms with Gasteiger partial charge in [-0.05, 0) is 30.7 Å². The first-order valence-electron chi connectivity index (χ1n) is 5.25. The molecule has 1 N–H and O–H groups in total. The van der Waals surface area contributed by atoms with Crippen molar-refractivity contribution >= 4 is 21.6 Å². The van der Waals surface area contributed by atoms with Gasteiger partial charge in [-0.2, -0.15) is 0 Å². The Balaban J connectivity index is 2.13. The molecule has 2 heterocycles. The quantitative estimate of drug-likeness (QED) is 0.711. The van der Waals surface area contributed by atoms with Gasteiger partial charge in [0.1, 0.15) is 0 Å². The van der Waals surface area contributed by atoms with Crippen LogP contribution in [0.25, 0.3) is 21.3 Å². The zero-order chi connectivity index (χ0) is 11.8.